The van der Waals surface area contributed by atoms with Gasteiger partial charge in [0.05, 0.1) is 48.1 Å². The van der Waals surface area contributed by atoms with Gasteiger partial charge in [0.25, 0.3) is 0 Å². The van der Waals surface area contributed by atoms with E-state index in [0.29, 0.717) is 0 Å². The van der Waals surface area contributed by atoms with E-state index in [1.165, 1.54) is 6.07 Å². The molecule has 0 aliphatic carbocycles. The lowest BCUT2D eigenvalue weighted by Crippen LogP contribution is -2.74. The first-order valence-corrected chi connectivity index (χ1v) is 21.8. The van der Waals surface area contributed by atoms with Crippen LogP contribution in [0.4, 0.5) is 0 Å². The molecule has 5 nitrogen and oxygen atoms in total. The molecule has 63 heavy (non-hydrogen) atoms. The van der Waals surface area contributed by atoms with Gasteiger partial charge in [0.1, 0.15) is 0 Å². The largest absolute Gasteiger partial charge is 0.278 e. The van der Waals surface area contributed by atoms with Crippen molar-refractivity contribution in [3.63, 3.8) is 0 Å². The molecule has 0 fully saturated rings. The van der Waals surface area contributed by atoms with Crippen molar-refractivity contribution in [3.8, 4) is 34.4 Å². The summed E-state index contributed by atoms with van der Waals surface area (Å²) in [5.74, 6) is -1.97. The van der Waals surface area contributed by atoms with Gasteiger partial charge in [-0.25, -0.2) is 0 Å². The van der Waals surface area contributed by atoms with Crippen LogP contribution in [-0.2, 0) is 0 Å². The molecule has 296 valence electrons. The molecule has 0 spiro atoms. The molecule has 0 bridgehead atoms. The molecule has 3 heterocycles. The van der Waals surface area contributed by atoms with Gasteiger partial charge >= 0.3 is 0 Å². The lowest BCUT2D eigenvalue weighted by Gasteiger charge is -2.35. The number of para-hydroxylation sites is 4. The Morgan fingerprint density at radius 2 is 0.778 bits per heavy atom. The summed E-state index contributed by atoms with van der Waals surface area (Å²) in [6, 6.07) is 24.6. The maximum Gasteiger partial charge on any atom is 0.240 e. The molecular formula is C57H39N5Si. The molecule has 12 aromatic rings. The van der Waals surface area contributed by atoms with Gasteiger partial charge in [-0.3, -0.25) is 9.13 Å². The molecule has 12 rings (SSSR count). The minimum absolute atomic E-state index is 0.273. The van der Waals surface area contributed by atoms with Crippen molar-refractivity contribution >= 4 is 72.4 Å². The van der Waals surface area contributed by atoms with Crippen LogP contribution in [0.15, 0.2) is 236 Å². The average molecular weight is 841 g/mol. The highest BCUT2D eigenvalue weighted by molar-refractivity contribution is 7.20. The Balaban J connectivity index is 1.31. The monoisotopic (exact) mass is 840 g/mol. The highest BCUT2D eigenvalue weighted by Crippen LogP contribution is 2.34. The molecule has 0 atom stereocenters. The summed E-state index contributed by atoms with van der Waals surface area (Å²) in [6.45, 7) is 0. The van der Waals surface area contributed by atoms with Crippen molar-refractivity contribution in [2.75, 3.05) is 0 Å². The molecule has 0 unspecified atom stereocenters. The molecule has 6 heteroatoms. The highest BCUT2D eigenvalue weighted by Gasteiger charge is 2.42. The quantitative estimate of drug-likeness (QED) is 0.113. The fourth-order valence-electron chi connectivity index (χ4n) is 8.51. The lowest BCUT2D eigenvalue weighted by atomic mass is 10.1. The molecular weight excluding hydrogens is 783 g/mol. The van der Waals surface area contributed by atoms with Gasteiger partial charge < -0.3 is 0 Å². The van der Waals surface area contributed by atoms with Crippen molar-refractivity contribution in [2.24, 2.45) is 0 Å². The molecule has 0 aliphatic rings. The van der Waals surface area contributed by atoms with Crippen LogP contribution >= 0.6 is 0 Å². The third kappa shape index (κ3) is 5.95. The maximum atomic E-state index is 10.6. The first kappa shape index (κ1) is 22.1. The van der Waals surface area contributed by atoms with Crippen molar-refractivity contribution < 1.29 is 26.0 Å². The van der Waals surface area contributed by atoms with E-state index in [1.807, 2.05) is 115 Å². The predicted octanol–water partition coefficient (Wildman–Crippen LogP) is 10.8. The van der Waals surface area contributed by atoms with E-state index in [2.05, 4.69) is 0 Å². The van der Waals surface area contributed by atoms with Crippen LogP contribution in [-0.4, -0.2) is 32.2 Å². The lowest BCUT2D eigenvalue weighted by molar-refractivity contribution is 0.893. The SMILES string of the molecule is [2H]c1cc([Si](c2ccccc2)(c2ccccc2)c2cccc(-c3ccccc3)c2)c([2H])c(-c2nc(-n3c4c([2H])c([2H])c([2H])c([2H])c4c4c([2H])c([2H])c([2H])c([2H])c43)nc(-n3c4c([2H])c([2H])c([2H])c([2H])c4c4c([2H])c([2H])c([2H])c([2H])c43)n2)c1[2H]. The highest BCUT2D eigenvalue weighted by atomic mass is 28.3. The van der Waals surface area contributed by atoms with Crippen molar-refractivity contribution in [3.05, 3.63) is 236 Å². The topological polar surface area (TPSA) is 48.5 Å². The summed E-state index contributed by atoms with van der Waals surface area (Å²) in [5.41, 5.74) is -0.483. The number of rotatable bonds is 8. The van der Waals surface area contributed by atoms with E-state index in [9.17, 15) is 9.60 Å². The van der Waals surface area contributed by atoms with E-state index in [1.54, 1.807) is 0 Å². The predicted molar refractivity (Wildman–Crippen MR) is 263 cm³/mol. The average Bonchev–Trinajstić information content (AvgIpc) is 4.18. The second kappa shape index (κ2) is 15.1. The summed E-state index contributed by atoms with van der Waals surface area (Å²) in [7, 11) is -3.92. The van der Waals surface area contributed by atoms with Crippen LogP contribution in [0.5, 0.6) is 0 Å². The number of benzene rings is 9. The number of aromatic nitrogens is 5. The zero-order valence-electron chi connectivity index (χ0n) is 51.8. The number of hydrogen-bond donors (Lipinski definition) is 0. The zero-order valence-corrected chi connectivity index (χ0v) is 33.8. The van der Waals surface area contributed by atoms with Crippen molar-refractivity contribution in [2.45, 2.75) is 0 Å². The van der Waals surface area contributed by atoms with Crippen molar-refractivity contribution in [1.29, 1.82) is 0 Å². The third-order valence-corrected chi connectivity index (χ3v) is 15.8. The smallest absolute Gasteiger partial charge is 0.240 e. The van der Waals surface area contributed by atoms with Gasteiger partial charge in [-0.15, -0.1) is 0 Å². The van der Waals surface area contributed by atoms with Gasteiger partial charge in [0.2, 0.25) is 11.9 Å². The molecule has 0 amide bonds. The molecule has 3 aromatic heterocycles. The van der Waals surface area contributed by atoms with Crippen LogP contribution < -0.4 is 20.7 Å². The first-order chi connectivity index (χ1) is 39.1. The zero-order chi connectivity index (χ0) is 58.3. The Hall–Kier alpha value is -8.19. The molecule has 9 aromatic carbocycles. The molecule has 0 saturated carbocycles. The van der Waals surface area contributed by atoms with Crippen molar-refractivity contribution in [1.82, 2.24) is 24.1 Å². The summed E-state index contributed by atoms with van der Waals surface area (Å²) < 4.78 is 176. The molecule has 0 aliphatic heterocycles. The Labute approximate surface area is 392 Å². The van der Waals surface area contributed by atoms with E-state index in [-0.39, 0.29) is 32.8 Å². The van der Waals surface area contributed by atoms with Gasteiger partial charge in [-0.05, 0) is 56.0 Å². The van der Waals surface area contributed by atoms with E-state index in [0.717, 1.165) is 35.8 Å². The van der Waals surface area contributed by atoms with Gasteiger partial charge in [0.15, 0.2) is 13.9 Å². The summed E-state index contributed by atoms with van der Waals surface area (Å²) in [6.07, 6.45) is 0. The van der Waals surface area contributed by atoms with Crippen LogP contribution in [0.3, 0.4) is 0 Å². The number of fused-ring (bicyclic) bond motifs is 6. The van der Waals surface area contributed by atoms with Gasteiger partial charge in [-0.1, -0.05) is 212 Å². The Morgan fingerprint density at radius 3 is 1.27 bits per heavy atom. The van der Waals surface area contributed by atoms with Crippen LogP contribution in [0.25, 0.3) is 78.0 Å². The summed E-state index contributed by atoms with van der Waals surface area (Å²) in [5, 5.41) is 1.10. The van der Waals surface area contributed by atoms with Gasteiger partial charge in [-0.2, -0.15) is 15.0 Å². The fourth-order valence-corrected chi connectivity index (χ4v) is 13.1. The normalized spacial score (nSPS) is 16.0. The van der Waals surface area contributed by atoms with E-state index >= 15 is 0 Å². The number of nitrogens with zero attached hydrogens (tertiary/aromatic N) is 5. The van der Waals surface area contributed by atoms with E-state index < -0.39 is 162 Å². The van der Waals surface area contributed by atoms with Crippen LogP contribution in [0.2, 0.25) is 0 Å². The van der Waals surface area contributed by atoms with Gasteiger partial charge in [0, 0.05) is 27.1 Å². The molecule has 0 N–H and O–H groups in total. The molecule has 0 saturated heterocycles. The second-order valence-electron chi connectivity index (χ2n) is 14.6. The van der Waals surface area contributed by atoms with Crippen LogP contribution in [0.1, 0.15) is 26.0 Å². The fraction of sp³-hybridized carbons (Fsp3) is 0. The Morgan fingerprint density at radius 1 is 0.349 bits per heavy atom. The van der Waals surface area contributed by atoms with E-state index in [4.69, 9.17) is 31.4 Å². The summed E-state index contributed by atoms with van der Waals surface area (Å²) >= 11 is 0. The standard InChI is InChI=1S/C57H39N5Si/c1-4-20-40(21-5-1)41-22-18-28-45(38-41)63(43-24-6-2-7-25-43,44-26-8-3-9-27-44)46-29-19-23-42(39-46)55-58-56(61-51-34-14-10-30-47(51)48-31-11-15-35-52(48)61)60-57(59-55)62-53-36-16-12-32-49(53)50-33-13-17-37-54(50)62/h1-39H/i10D,11D,12D,13D,14D,15D,16D,17D,19D,23D,30D,31D,32D,33D,34D,35D,36D,37D,39D. The minimum atomic E-state index is -3.92. The summed E-state index contributed by atoms with van der Waals surface area (Å²) in [4.78, 5) is 14.6. The second-order valence-corrected chi connectivity index (χ2v) is 18.4. The minimum Gasteiger partial charge on any atom is -0.278 e. The third-order valence-electron chi connectivity index (χ3n) is 11.2. The first-order valence-electron chi connectivity index (χ1n) is 29.3. The Kier molecular flexibility index (Phi) is 5.27. The maximum absolute atomic E-state index is 10.6. The Bertz CT molecular complexity index is 4380. The molecule has 0 radical (unpaired) electrons. The van der Waals surface area contributed by atoms with Crippen LogP contribution in [0, 0.1) is 0 Å². The number of hydrogen-bond acceptors (Lipinski definition) is 3.